The van der Waals surface area contributed by atoms with E-state index in [4.69, 9.17) is 14.0 Å². The molecule has 0 radical (unpaired) electrons. The van der Waals surface area contributed by atoms with Crippen molar-refractivity contribution >= 4 is 30.3 Å². The summed E-state index contributed by atoms with van der Waals surface area (Å²) in [6.07, 6.45) is -0.0900. The first-order chi connectivity index (χ1) is 13.8. The van der Waals surface area contributed by atoms with Crippen LogP contribution in [0.15, 0.2) is 18.2 Å². The highest BCUT2D eigenvalue weighted by Crippen LogP contribution is 2.39. The minimum atomic E-state index is -0.520. The molecule has 0 aromatic heterocycles. The van der Waals surface area contributed by atoms with E-state index in [2.05, 4.69) is 5.32 Å². The van der Waals surface area contributed by atoms with Crippen molar-refractivity contribution in [1.29, 1.82) is 0 Å². The molecule has 0 spiro atoms. The van der Waals surface area contributed by atoms with Crippen molar-refractivity contribution in [2.45, 2.75) is 91.2 Å². The van der Waals surface area contributed by atoms with E-state index in [-0.39, 0.29) is 24.1 Å². The van der Waals surface area contributed by atoms with E-state index in [0.29, 0.717) is 6.42 Å². The molecule has 164 valence electrons. The average Bonchev–Trinajstić information content (AvgIpc) is 2.81. The Hall–Kier alpha value is -2.06. The normalized spacial score (nSPS) is 24.6. The fourth-order valence-electron chi connectivity index (χ4n) is 4.02. The maximum atomic E-state index is 12.3. The molecule has 7 nitrogen and oxygen atoms in total. The molecule has 1 fully saturated rings. The molecule has 30 heavy (non-hydrogen) atoms. The van der Waals surface area contributed by atoms with Gasteiger partial charge in [0, 0.05) is 18.7 Å². The number of carbonyl (C=O) groups is 2. The van der Waals surface area contributed by atoms with Crippen molar-refractivity contribution in [2.24, 2.45) is 0 Å². The van der Waals surface area contributed by atoms with Gasteiger partial charge in [-0.25, -0.2) is 4.79 Å². The van der Waals surface area contributed by atoms with Gasteiger partial charge in [-0.15, -0.1) is 0 Å². The van der Waals surface area contributed by atoms with Crippen LogP contribution in [0.5, 0.6) is 0 Å². The van der Waals surface area contributed by atoms with Gasteiger partial charge in [-0.2, -0.15) is 0 Å². The van der Waals surface area contributed by atoms with Crippen molar-refractivity contribution in [2.75, 3.05) is 4.90 Å². The molecule has 2 aliphatic heterocycles. The van der Waals surface area contributed by atoms with Gasteiger partial charge >= 0.3 is 13.2 Å². The third-order valence-corrected chi connectivity index (χ3v) is 6.20. The van der Waals surface area contributed by atoms with Crippen molar-refractivity contribution in [3.63, 3.8) is 0 Å². The van der Waals surface area contributed by atoms with Gasteiger partial charge in [0.05, 0.1) is 23.3 Å². The summed E-state index contributed by atoms with van der Waals surface area (Å²) in [5, 5.41) is 2.97. The molecule has 2 heterocycles. The van der Waals surface area contributed by atoms with E-state index in [0.717, 1.165) is 16.7 Å². The third-order valence-electron chi connectivity index (χ3n) is 6.20. The summed E-state index contributed by atoms with van der Waals surface area (Å²) in [5.41, 5.74) is 1.60. The Labute approximate surface area is 179 Å². The standard InChI is InChI=1S/C22H33BN2O5/c1-13(2)28-20(27)24-18-11-14(3)25(15(4)26)19-10-9-16(12-17(18)19)23-29-21(5,6)22(7,8)30-23/h9-10,12-14,18H,11H2,1-8H3,(H,24,27). The second-order valence-corrected chi connectivity index (χ2v) is 9.53. The number of nitrogens with one attached hydrogen (secondary N) is 1. The van der Waals surface area contributed by atoms with Crippen LogP contribution in [0, 0.1) is 0 Å². The molecular formula is C22H33BN2O5. The Kier molecular flexibility index (Phi) is 5.95. The number of alkyl carbamates (subject to hydrolysis) is 1. The number of anilines is 1. The highest BCUT2D eigenvalue weighted by atomic mass is 16.7. The number of hydrogen-bond acceptors (Lipinski definition) is 5. The summed E-state index contributed by atoms with van der Waals surface area (Å²) in [6.45, 7) is 15.2. The molecule has 1 aromatic rings. The number of fused-ring (bicyclic) bond motifs is 1. The Morgan fingerprint density at radius 1 is 1.20 bits per heavy atom. The highest BCUT2D eigenvalue weighted by molar-refractivity contribution is 6.62. The summed E-state index contributed by atoms with van der Waals surface area (Å²) < 4.78 is 17.7. The van der Waals surface area contributed by atoms with Gasteiger partial charge in [-0.05, 0) is 72.0 Å². The molecule has 1 N–H and O–H groups in total. The topological polar surface area (TPSA) is 77.1 Å². The molecule has 2 amide bonds. The van der Waals surface area contributed by atoms with E-state index >= 15 is 0 Å². The van der Waals surface area contributed by atoms with Gasteiger partial charge in [0.1, 0.15) is 0 Å². The predicted molar refractivity (Wildman–Crippen MR) is 117 cm³/mol. The van der Waals surface area contributed by atoms with Gasteiger partial charge in [-0.1, -0.05) is 12.1 Å². The summed E-state index contributed by atoms with van der Waals surface area (Å²) >= 11 is 0. The molecule has 0 aliphatic carbocycles. The van der Waals surface area contributed by atoms with Crippen LogP contribution in [0.4, 0.5) is 10.5 Å². The fraction of sp³-hybridized carbons (Fsp3) is 0.636. The molecule has 3 rings (SSSR count). The maximum absolute atomic E-state index is 12.3. The van der Waals surface area contributed by atoms with E-state index in [1.54, 1.807) is 11.8 Å². The smallest absolute Gasteiger partial charge is 0.447 e. The van der Waals surface area contributed by atoms with Gasteiger partial charge in [0.25, 0.3) is 0 Å². The number of amides is 2. The number of benzene rings is 1. The van der Waals surface area contributed by atoms with Crippen LogP contribution < -0.4 is 15.7 Å². The lowest BCUT2D eigenvalue weighted by Gasteiger charge is -2.39. The third kappa shape index (κ3) is 4.21. The lowest BCUT2D eigenvalue weighted by atomic mass is 9.76. The number of hydrogen-bond donors (Lipinski definition) is 1. The van der Waals surface area contributed by atoms with E-state index in [1.165, 1.54) is 0 Å². The minimum absolute atomic E-state index is 0.0321. The molecule has 1 aromatic carbocycles. The fourth-order valence-corrected chi connectivity index (χ4v) is 4.02. The average molecular weight is 416 g/mol. The summed E-state index contributed by atoms with van der Waals surface area (Å²) in [6, 6.07) is 5.48. The van der Waals surface area contributed by atoms with Crippen molar-refractivity contribution < 1.29 is 23.6 Å². The molecule has 8 heteroatoms. The monoisotopic (exact) mass is 416 g/mol. The second kappa shape index (κ2) is 7.89. The molecule has 1 saturated heterocycles. The summed E-state index contributed by atoms with van der Waals surface area (Å²) in [7, 11) is -0.520. The lowest BCUT2D eigenvalue weighted by Crippen LogP contribution is -2.46. The zero-order chi connectivity index (χ0) is 22.4. The predicted octanol–water partition coefficient (Wildman–Crippen LogP) is 3.31. The quantitative estimate of drug-likeness (QED) is 0.766. The molecular weight excluding hydrogens is 383 g/mol. The van der Waals surface area contributed by atoms with Crippen LogP contribution in [0.2, 0.25) is 0 Å². The van der Waals surface area contributed by atoms with E-state index in [1.807, 2.05) is 66.7 Å². The van der Waals surface area contributed by atoms with Crippen molar-refractivity contribution in [3.05, 3.63) is 23.8 Å². The molecule has 2 atom stereocenters. The molecule has 0 saturated carbocycles. The van der Waals surface area contributed by atoms with Crippen molar-refractivity contribution in [1.82, 2.24) is 5.32 Å². The first kappa shape index (κ1) is 22.6. The molecule has 2 unspecified atom stereocenters. The van der Waals surface area contributed by atoms with Gasteiger partial charge in [0.2, 0.25) is 5.91 Å². The number of rotatable bonds is 3. The van der Waals surface area contributed by atoms with Gasteiger partial charge in [0.15, 0.2) is 0 Å². The zero-order valence-corrected chi connectivity index (χ0v) is 19.2. The van der Waals surface area contributed by atoms with Crippen LogP contribution in [-0.4, -0.2) is 42.5 Å². The number of ether oxygens (including phenoxy) is 1. The van der Waals surface area contributed by atoms with Gasteiger partial charge in [-0.3, -0.25) is 4.79 Å². The highest BCUT2D eigenvalue weighted by Gasteiger charge is 2.52. The first-order valence-electron chi connectivity index (χ1n) is 10.6. The SMILES string of the molecule is CC(=O)N1c2ccc(B3OC(C)(C)C(C)(C)O3)cc2C(NC(=O)OC(C)C)CC1C. The Morgan fingerprint density at radius 3 is 2.33 bits per heavy atom. The molecule has 2 aliphatic rings. The maximum Gasteiger partial charge on any atom is 0.494 e. The largest absolute Gasteiger partial charge is 0.494 e. The van der Waals surface area contributed by atoms with Crippen LogP contribution in [0.25, 0.3) is 0 Å². The zero-order valence-electron chi connectivity index (χ0n) is 19.2. The number of carbonyl (C=O) groups excluding carboxylic acids is 2. The lowest BCUT2D eigenvalue weighted by molar-refractivity contribution is -0.117. The number of nitrogens with zero attached hydrogens (tertiary/aromatic N) is 1. The van der Waals surface area contributed by atoms with Crippen molar-refractivity contribution in [3.8, 4) is 0 Å². The van der Waals surface area contributed by atoms with Crippen LogP contribution >= 0.6 is 0 Å². The van der Waals surface area contributed by atoms with Gasteiger partial charge < -0.3 is 24.3 Å². The van der Waals surface area contributed by atoms with Crippen LogP contribution in [0.1, 0.15) is 73.4 Å². The van der Waals surface area contributed by atoms with Crippen LogP contribution in [0.3, 0.4) is 0 Å². The second-order valence-electron chi connectivity index (χ2n) is 9.53. The summed E-state index contributed by atoms with van der Waals surface area (Å²) in [5.74, 6) is -0.0321. The molecule has 0 bridgehead atoms. The first-order valence-corrected chi connectivity index (χ1v) is 10.6. The van der Waals surface area contributed by atoms with E-state index in [9.17, 15) is 9.59 Å². The Morgan fingerprint density at radius 2 is 1.80 bits per heavy atom. The summed E-state index contributed by atoms with van der Waals surface area (Å²) in [4.78, 5) is 26.4. The van der Waals surface area contributed by atoms with E-state index < -0.39 is 24.4 Å². The van der Waals surface area contributed by atoms with Crippen LogP contribution in [-0.2, 0) is 18.8 Å². The Bertz CT molecular complexity index is 823. The minimum Gasteiger partial charge on any atom is -0.447 e. The Balaban J connectivity index is 1.97.